The summed E-state index contributed by atoms with van der Waals surface area (Å²) >= 11 is 0. The van der Waals surface area contributed by atoms with Crippen LogP contribution >= 0.6 is 0 Å². The molecule has 6 rings (SSSR count). The molecule has 2 aromatic heterocycles. The van der Waals surface area contributed by atoms with Gasteiger partial charge in [-0.2, -0.15) is 0 Å². The highest BCUT2D eigenvalue weighted by molar-refractivity contribution is 6.07. The Morgan fingerprint density at radius 1 is 0.562 bits per heavy atom. The second-order valence-corrected chi connectivity index (χ2v) is 11.3. The fraction of sp³-hybridized carbons (Fsp3) is 0.158. The van der Waals surface area contributed by atoms with E-state index in [1.54, 1.807) is 48.5 Å². The van der Waals surface area contributed by atoms with Crippen LogP contribution in [-0.4, -0.2) is 60.0 Å². The summed E-state index contributed by atoms with van der Waals surface area (Å²) in [6.45, 7) is 0. The van der Waals surface area contributed by atoms with Crippen molar-refractivity contribution in [3.05, 3.63) is 132 Å². The fourth-order valence-corrected chi connectivity index (χ4v) is 6.02. The van der Waals surface area contributed by atoms with Crippen molar-refractivity contribution in [2.24, 2.45) is 0 Å². The minimum Gasteiger partial charge on any atom is -0.467 e. The normalized spacial score (nSPS) is 12.3. The van der Waals surface area contributed by atoms with E-state index in [-0.39, 0.29) is 24.0 Å². The van der Waals surface area contributed by atoms with E-state index in [9.17, 15) is 19.2 Å². The van der Waals surface area contributed by atoms with Gasteiger partial charge in [-0.15, -0.1) is 0 Å². The first-order valence-electron chi connectivity index (χ1n) is 15.4. The maximum absolute atomic E-state index is 13.8. The number of nitrogens with one attached hydrogen (secondary N) is 4. The molecule has 0 unspecified atom stereocenters. The van der Waals surface area contributed by atoms with Crippen molar-refractivity contribution in [3.63, 3.8) is 0 Å². The minimum absolute atomic E-state index is 0.203. The van der Waals surface area contributed by atoms with Crippen molar-refractivity contribution in [3.8, 4) is 11.1 Å². The van der Waals surface area contributed by atoms with Gasteiger partial charge in [-0.05, 0) is 46.5 Å². The lowest BCUT2D eigenvalue weighted by atomic mass is 9.94. The number of aromatic amines is 2. The van der Waals surface area contributed by atoms with E-state index in [0.29, 0.717) is 11.1 Å². The van der Waals surface area contributed by atoms with E-state index in [0.717, 1.165) is 32.9 Å². The van der Waals surface area contributed by atoms with Crippen LogP contribution in [-0.2, 0) is 31.9 Å². The van der Waals surface area contributed by atoms with Gasteiger partial charge in [-0.3, -0.25) is 9.59 Å². The number of para-hydroxylation sites is 2. The average Bonchev–Trinajstić information content (AvgIpc) is 3.74. The molecule has 2 amide bonds. The highest BCUT2D eigenvalue weighted by atomic mass is 16.5. The number of carbonyl (C=O) groups is 4. The lowest BCUT2D eigenvalue weighted by Crippen LogP contribution is -2.43. The Bertz CT molecular complexity index is 1980. The van der Waals surface area contributed by atoms with Crippen LogP contribution < -0.4 is 10.6 Å². The highest BCUT2D eigenvalue weighted by Crippen LogP contribution is 2.28. The first kappa shape index (κ1) is 31.8. The van der Waals surface area contributed by atoms with Gasteiger partial charge in [0.05, 0.1) is 14.2 Å². The number of carbonyl (C=O) groups excluding carboxylic acids is 4. The second-order valence-electron chi connectivity index (χ2n) is 11.3. The van der Waals surface area contributed by atoms with E-state index in [1.807, 2.05) is 60.9 Å². The molecule has 0 aliphatic heterocycles. The minimum atomic E-state index is -0.973. The Hall–Kier alpha value is -6.16. The molecule has 0 aliphatic carbocycles. The van der Waals surface area contributed by atoms with Gasteiger partial charge >= 0.3 is 11.9 Å². The van der Waals surface area contributed by atoms with E-state index in [2.05, 4.69) is 20.6 Å². The SMILES string of the molecule is COC(=O)[C@H](Cc1c[nH]c2ccccc12)NC(=O)c1ccccc1-c1ccccc1C(=O)N[C@@H](Cc1c[nH]c2ccccc12)C(=O)OC. The topological polar surface area (TPSA) is 142 Å². The quantitative estimate of drug-likeness (QED) is 0.141. The summed E-state index contributed by atoms with van der Waals surface area (Å²) in [5.74, 6) is -2.20. The monoisotopic (exact) mass is 642 g/mol. The third kappa shape index (κ3) is 6.54. The molecule has 48 heavy (non-hydrogen) atoms. The number of hydrogen-bond acceptors (Lipinski definition) is 6. The molecule has 0 saturated carbocycles. The molecule has 0 spiro atoms. The van der Waals surface area contributed by atoms with Crippen molar-refractivity contribution in [1.29, 1.82) is 0 Å². The molecule has 0 radical (unpaired) electrons. The Balaban J connectivity index is 1.27. The number of esters is 2. The maximum Gasteiger partial charge on any atom is 0.328 e. The summed E-state index contributed by atoms with van der Waals surface area (Å²) in [5.41, 5.74) is 5.00. The molecule has 0 bridgehead atoms. The smallest absolute Gasteiger partial charge is 0.328 e. The van der Waals surface area contributed by atoms with Crippen molar-refractivity contribution < 1.29 is 28.7 Å². The van der Waals surface area contributed by atoms with Crippen LogP contribution in [0.25, 0.3) is 32.9 Å². The third-order valence-corrected chi connectivity index (χ3v) is 8.41. The Morgan fingerprint density at radius 3 is 1.35 bits per heavy atom. The molecule has 2 heterocycles. The molecule has 242 valence electrons. The molecular weight excluding hydrogens is 608 g/mol. The molecule has 10 nitrogen and oxygen atoms in total. The number of H-pyrrole nitrogens is 2. The summed E-state index contributed by atoms with van der Waals surface area (Å²) < 4.78 is 10.1. The predicted molar refractivity (Wildman–Crippen MR) is 182 cm³/mol. The number of ether oxygens (including phenoxy) is 2. The molecule has 4 aromatic carbocycles. The van der Waals surface area contributed by atoms with E-state index >= 15 is 0 Å². The zero-order valence-corrected chi connectivity index (χ0v) is 26.4. The number of aromatic nitrogens is 2. The van der Waals surface area contributed by atoms with Gasteiger partial charge in [-0.1, -0.05) is 72.8 Å². The zero-order valence-electron chi connectivity index (χ0n) is 26.4. The highest BCUT2D eigenvalue weighted by Gasteiger charge is 2.28. The van der Waals surface area contributed by atoms with Crippen LogP contribution in [0.3, 0.4) is 0 Å². The lowest BCUT2D eigenvalue weighted by molar-refractivity contribution is -0.143. The molecule has 10 heteroatoms. The van der Waals surface area contributed by atoms with Gasteiger partial charge < -0.3 is 30.1 Å². The summed E-state index contributed by atoms with van der Waals surface area (Å²) in [4.78, 5) is 59.8. The number of methoxy groups -OCH3 is 2. The second kappa shape index (κ2) is 14.1. The van der Waals surface area contributed by atoms with Crippen LogP contribution in [0, 0.1) is 0 Å². The van der Waals surface area contributed by atoms with E-state index in [4.69, 9.17) is 9.47 Å². The third-order valence-electron chi connectivity index (χ3n) is 8.41. The summed E-state index contributed by atoms with van der Waals surface area (Å²) in [5, 5.41) is 7.58. The first-order chi connectivity index (χ1) is 23.4. The Kier molecular flexibility index (Phi) is 9.33. The molecule has 2 atom stereocenters. The van der Waals surface area contributed by atoms with Crippen LogP contribution in [0.4, 0.5) is 0 Å². The summed E-state index contributed by atoms with van der Waals surface area (Å²) in [6, 6.07) is 27.1. The Morgan fingerprint density at radius 2 is 0.938 bits per heavy atom. The van der Waals surface area contributed by atoms with Crippen molar-refractivity contribution in [1.82, 2.24) is 20.6 Å². The Labute approximate surface area is 276 Å². The summed E-state index contributed by atoms with van der Waals surface area (Å²) in [6.07, 6.45) is 4.04. The van der Waals surface area contributed by atoms with Gasteiger partial charge in [0.2, 0.25) is 0 Å². The van der Waals surface area contributed by atoms with Gasteiger partial charge in [0, 0.05) is 58.2 Å². The zero-order chi connectivity index (χ0) is 33.6. The van der Waals surface area contributed by atoms with Crippen molar-refractivity contribution in [2.45, 2.75) is 24.9 Å². The fourth-order valence-electron chi connectivity index (χ4n) is 6.02. The average molecular weight is 643 g/mol. The number of hydrogen-bond donors (Lipinski definition) is 4. The number of benzene rings is 4. The molecule has 0 fully saturated rings. The van der Waals surface area contributed by atoms with Crippen LogP contribution in [0.5, 0.6) is 0 Å². The molecule has 0 aliphatic rings. The number of rotatable bonds is 11. The van der Waals surface area contributed by atoms with Gasteiger partial charge in [-0.25, -0.2) is 9.59 Å². The molecule has 6 aromatic rings. The standard InChI is InChI=1S/C38H34N4O6/c1-47-37(45)33(19-23-21-39-31-17-9-7-11-25(23)31)41-35(43)29-15-5-3-13-27(29)28-14-4-6-16-30(28)36(44)42-34(38(46)48-2)20-24-22-40-32-18-10-8-12-26(24)32/h3-18,21-22,33-34,39-40H,19-20H2,1-2H3,(H,41,43)(H,42,44)/t33-,34-/m0/s1. The first-order valence-corrected chi connectivity index (χ1v) is 15.4. The van der Waals surface area contributed by atoms with Crippen molar-refractivity contribution >= 4 is 45.6 Å². The molecule has 4 N–H and O–H groups in total. The summed E-state index contributed by atoms with van der Waals surface area (Å²) in [7, 11) is 2.55. The van der Waals surface area contributed by atoms with Crippen LogP contribution in [0.2, 0.25) is 0 Å². The predicted octanol–water partition coefficient (Wildman–Crippen LogP) is 5.34. The van der Waals surface area contributed by atoms with Crippen LogP contribution in [0.15, 0.2) is 109 Å². The largest absolute Gasteiger partial charge is 0.467 e. The van der Waals surface area contributed by atoms with Gasteiger partial charge in [0.1, 0.15) is 12.1 Å². The van der Waals surface area contributed by atoms with E-state index in [1.165, 1.54) is 14.2 Å². The van der Waals surface area contributed by atoms with Gasteiger partial charge in [0.15, 0.2) is 0 Å². The van der Waals surface area contributed by atoms with E-state index < -0.39 is 35.8 Å². The molecule has 0 saturated heterocycles. The van der Waals surface area contributed by atoms with Gasteiger partial charge in [0.25, 0.3) is 11.8 Å². The number of fused-ring (bicyclic) bond motifs is 2. The lowest BCUT2D eigenvalue weighted by Gasteiger charge is -2.20. The maximum atomic E-state index is 13.8. The number of amides is 2. The molecular formula is C38H34N4O6. The van der Waals surface area contributed by atoms with Crippen LogP contribution in [0.1, 0.15) is 31.8 Å². The van der Waals surface area contributed by atoms with Crippen molar-refractivity contribution in [2.75, 3.05) is 14.2 Å².